The number of carbonyl (C=O) groups is 1. The molecule has 2 rings (SSSR count). The number of rotatable bonds is 6. The predicted octanol–water partition coefficient (Wildman–Crippen LogP) is 3.72. The monoisotopic (exact) mass is 303 g/mol. The van der Waals surface area contributed by atoms with E-state index in [2.05, 4.69) is 36.4 Å². The molecule has 1 atom stereocenters. The normalized spacial score (nSPS) is 12.1. The molecule has 0 saturated carbocycles. The zero-order valence-corrected chi connectivity index (χ0v) is 13.5. The maximum atomic E-state index is 12.0. The van der Waals surface area contributed by atoms with Crippen LogP contribution >= 0.6 is 11.8 Å². The van der Waals surface area contributed by atoms with Gasteiger partial charge in [0.25, 0.3) is 0 Å². The lowest BCUT2D eigenvalue weighted by atomic mass is 10.2. The maximum Gasteiger partial charge on any atom is 0.246 e. The van der Waals surface area contributed by atoms with Gasteiger partial charge in [0.05, 0.1) is 0 Å². The van der Waals surface area contributed by atoms with Crippen molar-refractivity contribution in [1.82, 2.24) is 9.78 Å². The number of anilines is 1. The maximum absolute atomic E-state index is 12.0. The first-order valence-electron chi connectivity index (χ1n) is 7.13. The molecule has 0 spiro atoms. The zero-order valence-electron chi connectivity index (χ0n) is 12.7. The minimum Gasteiger partial charge on any atom is -0.324 e. The Kier molecular flexibility index (Phi) is 5.44. The van der Waals surface area contributed by atoms with Crippen LogP contribution in [0.25, 0.3) is 0 Å². The third-order valence-electron chi connectivity index (χ3n) is 3.25. The predicted molar refractivity (Wildman–Crippen MR) is 87.6 cm³/mol. The molecule has 0 saturated heterocycles. The third kappa shape index (κ3) is 4.63. The first-order valence-corrected chi connectivity index (χ1v) is 8.01. The van der Waals surface area contributed by atoms with Crippen LogP contribution < -0.4 is 5.32 Å². The van der Waals surface area contributed by atoms with Gasteiger partial charge >= 0.3 is 0 Å². The summed E-state index contributed by atoms with van der Waals surface area (Å²) in [5.74, 6) is -0.0656. The van der Waals surface area contributed by atoms with E-state index in [1.807, 2.05) is 24.8 Å². The summed E-state index contributed by atoms with van der Waals surface area (Å²) >= 11 is 1.86. The van der Waals surface area contributed by atoms with Crippen molar-refractivity contribution < 1.29 is 4.79 Å². The number of hydrogen-bond donors (Lipinski definition) is 1. The fourth-order valence-corrected chi connectivity index (χ4v) is 2.92. The van der Waals surface area contributed by atoms with Crippen LogP contribution in [0.3, 0.4) is 0 Å². The van der Waals surface area contributed by atoms with E-state index >= 15 is 0 Å². The van der Waals surface area contributed by atoms with E-state index in [1.54, 1.807) is 23.1 Å². The summed E-state index contributed by atoms with van der Waals surface area (Å²) < 4.78 is 1.61. The Labute approximate surface area is 129 Å². The summed E-state index contributed by atoms with van der Waals surface area (Å²) in [4.78, 5) is 13.2. The van der Waals surface area contributed by atoms with Gasteiger partial charge in [0, 0.05) is 28.2 Å². The number of nitrogens with zero attached hydrogens (tertiary/aromatic N) is 2. The van der Waals surface area contributed by atoms with E-state index in [0.29, 0.717) is 5.25 Å². The van der Waals surface area contributed by atoms with E-state index in [-0.39, 0.29) is 12.5 Å². The molecule has 0 aliphatic rings. The Morgan fingerprint density at radius 1 is 1.48 bits per heavy atom. The Hall–Kier alpha value is -1.75. The second kappa shape index (κ2) is 7.31. The van der Waals surface area contributed by atoms with Crippen molar-refractivity contribution in [3.8, 4) is 0 Å². The van der Waals surface area contributed by atoms with Crippen molar-refractivity contribution in [1.29, 1.82) is 0 Å². The fraction of sp³-hybridized carbons (Fsp3) is 0.375. The van der Waals surface area contributed by atoms with Crippen molar-refractivity contribution in [2.24, 2.45) is 0 Å². The number of benzene rings is 1. The minimum absolute atomic E-state index is 0.0656. The van der Waals surface area contributed by atoms with Gasteiger partial charge in [-0.15, -0.1) is 11.8 Å². The molecule has 2 aromatic rings. The SMILES string of the molecule is CC[C@@H](C)Sc1ccc(NC(=O)Cn2cccn2)c(C)c1. The van der Waals surface area contributed by atoms with Gasteiger partial charge in [-0.1, -0.05) is 13.8 Å². The van der Waals surface area contributed by atoms with E-state index in [9.17, 15) is 4.79 Å². The van der Waals surface area contributed by atoms with Gasteiger partial charge in [0.1, 0.15) is 6.54 Å². The van der Waals surface area contributed by atoms with Crippen LogP contribution in [-0.4, -0.2) is 20.9 Å². The lowest BCUT2D eigenvalue weighted by molar-refractivity contribution is -0.116. The first-order chi connectivity index (χ1) is 10.1. The summed E-state index contributed by atoms with van der Waals surface area (Å²) in [6, 6.07) is 7.97. The number of amides is 1. The van der Waals surface area contributed by atoms with Gasteiger partial charge in [-0.3, -0.25) is 9.48 Å². The van der Waals surface area contributed by atoms with E-state index in [4.69, 9.17) is 0 Å². The molecular weight excluding hydrogens is 282 g/mol. The Morgan fingerprint density at radius 2 is 2.29 bits per heavy atom. The molecule has 21 heavy (non-hydrogen) atoms. The van der Waals surface area contributed by atoms with Gasteiger partial charge < -0.3 is 5.32 Å². The van der Waals surface area contributed by atoms with E-state index in [0.717, 1.165) is 17.7 Å². The van der Waals surface area contributed by atoms with Crippen LogP contribution in [0.2, 0.25) is 0 Å². The Balaban J connectivity index is 1.98. The van der Waals surface area contributed by atoms with Crippen LogP contribution in [0.5, 0.6) is 0 Å². The topological polar surface area (TPSA) is 46.9 Å². The zero-order chi connectivity index (χ0) is 15.2. The average Bonchev–Trinajstić information content (AvgIpc) is 2.94. The molecule has 5 heteroatoms. The molecule has 1 aromatic carbocycles. The van der Waals surface area contributed by atoms with Crippen molar-refractivity contribution in [3.63, 3.8) is 0 Å². The van der Waals surface area contributed by atoms with Gasteiger partial charge in [0.15, 0.2) is 0 Å². The highest BCUT2D eigenvalue weighted by molar-refractivity contribution is 7.99. The van der Waals surface area contributed by atoms with Crippen molar-refractivity contribution in [2.75, 3.05) is 5.32 Å². The van der Waals surface area contributed by atoms with Crippen LogP contribution in [0.1, 0.15) is 25.8 Å². The summed E-state index contributed by atoms with van der Waals surface area (Å²) in [6.45, 7) is 6.66. The average molecular weight is 303 g/mol. The van der Waals surface area contributed by atoms with Crippen LogP contribution in [-0.2, 0) is 11.3 Å². The van der Waals surface area contributed by atoms with E-state index < -0.39 is 0 Å². The lowest BCUT2D eigenvalue weighted by Gasteiger charge is -2.12. The molecule has 0 bridgehead atoms. The highest BCUT2D eigenvalue weighted by Gasteiger charge is 2.08. The number of aromatic nitrogens is 2. The fourth-order valence-electron chi connectivity index (χ4n) is 1.90. The molecule has 0 fully saturated rings. The number of thioether (sulfide) groups is 1. The van der Waals surface area contributed by atoms with Crippen molar-refractivity contribution >= 4 is 23.4 Å². The molecule has 0 unspecified atom stereocenters. The second-order valence-electron chi connectivity index (χ2n) is 5.07. The molecule has 1 amide bonds. The van der Waals surface area contributed by atoms with Crippen molar-refractivity contribution in [3.05, 3.63) is 42.2 Å². The summed E-state index contributed by atoms with van der Waals surface area (Å²) in [5, 5.41) is 7.56. The molecule has 1 N–H and O–H groups in total. The number of nitrogens with one attached hydrogen (secondary N) is 1. The molecule has 0 aliphatic heterocycles. The minimum atomic E-state index is -0.0656. The first kappa shape index (κ1) is 15.6. The van der Waals surface area contributed by atoms with Crippen LogP contribution in [0.15, 0.2) is 41.6 Å². The Morgan fingerprint density at radius 3 is 2.90 bits per heavy atom. The van der Waals surface area contributed by atoms with Gasteiger partial charge in [-0.05, 0) is 43.2 Å². The third-order valence-corrected chi connectivity index (χ3v) is 4.51. The van der Waals surface area contributed by atoms with Crippen LogP contribution in [0, 0.1) is 6.92 Å². The number of carbonyl (C=O) groups excluding carboxylic acids is 1. The second-order valence-corrected chi connectivity index (χ2v) is 6.58. The summed E-state index contributed by atoms with van der Waals surface area (Å²) in [6.07, 6.45) is 4.59. The molecule has 1 aromatic heterocycles. The molecule has 112 valence electrons. The molecule has 0 aliphatic carbocycles. The molecule has 4 nitrogen and oxygen atoms in total. The Bertz CT molecular complexity index is 596. The lowest BCUT2D eigenvalue weighted by Crippen LogP contribution is -2.19. The standard InChI is InChI=1S/C16H21N3OS/c1-4-13(3)21-14-6-7-15(12(2)10-14)18-16(20)11-19-9-5-8-17-19/h5-10,13H,4,11H2,1-3H3,(H,18,20)/t13-/m1/s1. The smallest absolute Gasteiger partial charge is 0.246 e. The largest absolute Gasteiger partial charge is 0.324 e. The highest BCUT2D eigenvalue weighted by atomic mass is 32.2. The molecule has 1 heterocycles. The van der Waals surface area contributed by atoms with Crippen molar-refractivity contribution in [2.45, 2.75) is 43.9 Å². The van der Waals surface area contributed by atoms with Crippen LogP contribution in [0.4, 0.5) is 5.69 Å². The highest BCUT2D eigenvalue weighted by Crippen LogP contribution is 2.28. The molecular formula is C16H21N3OS. The number of aryl methyl sites for hydroxylation is 1. The van der Waals surface area contributed by atoms with Gasteiger partial charge in [-0.25, -0.2) is 0 Å². The van der Waals surface area contributed by atoms with Gasteiger partial charge in [-0.2, -0.15) is 5.10 Å². The quantitative estimate of drug-likeness (QED) is 0.827. The van der Waals surface area contributed by atoms with E-state index in [1.165, 1.54) is 4.90 Å². The summed E-state index contributed by atoms with van der Waals surface area (Å²) in [7, 11) is 0. The number of hydrogen-bond acceptors (Lipinski definition) is 3. The molecule has 0 radical (unpaired) electrons. The summed E-state index contributed by atoms with van der Waals surface area (Å²) in [5.41, 5.74) is 1.94. The van der Waals surface area contributed by atoms with Gasteiger partial charge in [0.2, 0.25) is 5.91 Å².